The summed E-state index contributed by atoms with van der Waals surface area (Å²) < 4.78 is 12.8. The summed E-state index contributed by atoms with van der Waals surface area (Å²) in [5.41, 5.74) is 2.97. The van der Waals surface area contributed by atoms with Crippen LogP contribution in [0.1, 0.15) is 12.5 Å². The highest BCUT2D eigenvalue weighted by atomic mass is 16.5. The first-order valence-electron chi connectivity index (χ1n) is 8.30. The first-order valence-corrected chi connectivity index (χ1v) is 8.30. The van der Waals surface area contributed by atoms with Gasteiger partial charge in [0.25, 0.3) is 0 Å². The summed E-state index contributed by atoms with van der Waals surface area (Å²) in [5.74, 6) is 2.20. The van der Waals surface area contributed by atoms with Crippen LogP contribution in [0, 0.1) is 0 Å². The second kappa shape index (κ2) is 8.20. The van der Waals surface area contributed by atoms with Crippen molar-refractivity contribution in [3.8, 4) is 17.3 Å². The zero-order chi connectivity index (χ0) is 18.4. The van der Waals surface area contributed by atoms with Crippen LogP contribution >= 0.6 is 0 Å². The van der Waals surface area contributed by atoms with Crippen molar-refractivity contribution < 1.29 is 9.47 Å². The molecule has 6 nitrogen and oxygen atoms in total. The highest BCUT2D eigenvalue weighted by Gasteiger charge is 2.06. The van der Waals surface area contributed by atoms with Crippen molar-refractivity contribution in [3.05, 3.63) is 72.7 Å². The van der Waals surface area contributed by atoms with E-state index >= 15 is 0 Å². The summed E-state index contributed by atoms with van der Waals surface area (Å²) in [5, 5.41) is 7.52. The number of nitrogens with zero attached hydrogens (tertiary/aromatic N) is 3. The van der Waals surface area contributed by atoms with Crippen molar-refractivity contribution in [1.82, 2.24) is 14.8 Å². The Hall–Kier alpha value is -3.28. The molecule has 0 saturated carbocycles. The molecule has 2 heterocycles. The Morgan fingerprint density at radius 2 is 2.12 bits per heavy atom. The Bertz CT molecular complexity index is 858. The smallest absolute Gasteiger partial charge is 0.161 e. The van der Waals surface area contributed by atoms with E-state index in [4.69, 9.17) is 9.47 Å². The average Bonchev–Trinajstić information content (AvgIpc) is 3.20. The van der Waals surface area contributed by atoms with E-state index in [0.717, 1.165) is 22.6 Å². The molecule has 0 unspecified atom stereocenters. The van der Waals surface area contributed by atoms with Gasteiger partial charge in [0.2, 0.25) is 0 Å². The summed E-state index contributed by atoms with van der Waals surface area (Å²) >= 11 is 0. The first-order chi connectivity index (χ1) is 12.7. The van der Waals surface area contributed by atoms with E-state index in [1.165, 1.54) is 0 Å². The van der Waals surface area contributed by atoms with Crippen molar-refractivity contribution >= 4 is 5.69 Å². The van der Waals surface area contributed by atoms with Crippen LogP contribution in [0.5, 0.6) is 11.5 Å². The normalized spacial score (nSPS) is 10.4. The molecule has 0 amide bonds. The molecule has 3 rings (SSSR count). The van der Waals surface area contributed by atoms with Crippen LogP contribution in [-0.4, -0.2) is 28.5 Å². The molecule has 0 radical (unpaired) electrons. The van der Waals surface area contributed by atoms with Crippen molar-refractivity contribution in [2.75, 3.05) is 19.0 Å². The van der Waals surface area contributed by atoms with E-state index in [1.807, 2.05) is 49.5 Å². The fraction of sp³-hybridized carbons (Fsp3) is 0.200. The molecule has 0 bridgehead atoms. The Morgan fingerprint density at radius 1 is 1.23 bits per heavy atom. The minimum atomic E-state index is 0.464. The van der Waals surface area contributed by atoms with Crippen LogP contribution in [0.3, 0.4) is 0 Å². The molecule has 1 N–H and O–H groups in total. The number of hydrogen-bond donors (Lipinski definition) is 1. The van der Waals surface area contributed by atoms with E-state index in [9.17, 15) is 0 Å². The van der Waals surface area contributed by atoms with Gasteiger partial charge in [-0.05, 0) is 48.4 Å². The molecule has 0 aliphatic rings. The average molecular weight is 350 g/mol. The molecule has 0 aliphatic heterocycles. The summed E-state index contributed by atoms with van der Waals surface area (Å²) in [6, 6.07) is 11.6. The molecule has 2 aromatic heterocycles. The summed E-state index contributed by atoms with van der Waals surface area (Å²) in [4.78, 5) is 4.41. The zero-order valence-corrected chi connectivity index (χ0v) is 15.0. The van der Waals surface area contributed by atoms with Crippen molar-refractivity contribution in [2.45, 2.75) is 13.5 Å². The van der Waals surface area contributed by atoms with Gasteiger partial charge < -0.3 is 14.8 Å². The predicted molar refractivity (Wildman–Crippen MR) is 102 cm³/mol. The van der Waals surface area contributed by atoms with Gasteiger partial charge in [0.05, 0.1) is 19.0 Å². The van der Waals surface area contributed by atoms with Gasteiger partial charge in [-0.1, -0.05) is 12.6 Å². The summed E-state index contributed by atoms with van der Waals surface area (Å²) in [7, 11) is 1.63. The van der Waals surface area contributed by atoms with Gasteiger partial charge in [0.15, 0.2) is 17.3 Å². The Labute approximate surface area is 153 Å². The van der Waals surface area contributed by atoms with E-state index < -0.39 is 0 Å². The van der Waals surface area contributed by atoms with Gasteiger partial charge >= 0.3 is 0 Å². The molecule has 0 saturated heterocycles. The molecular formula is C20H22N4O2. The molecule has 1 aromatic carbocycles. The van der Waals surface area contributed by atoms with Crippen molar-refractivity contribution in [2.24, 2.45) is 0 Å². The van der Waals surface area contributed by atoms with Gasteiger partial charge in [-0.3, -0.25) is 0 Å². The highest BCUT2D eigenvalue weighted by molar-refractivity contribution is 5.47. The summed E-state index contributed by atoms with van der Waals surface area (Å²) in [6.07, 6.45) is 5.38. The van der Waals surface area contributed by atoms with Gasteiger partial charge in [-0.25, -0.2) is 9.67 Å². The molecule has 3 aromatic rings. The second-order valence-electron chi connectivity index (χ2n) is 5.94. The summed E-state index contributed by atoms with van der Waals surface area (Å²) in [6.45, 7) is 6.90. The largest absolute Gasteiger partial charge is 0.493 e. The van der Waals surface area contributed by atoms with Gasteiger partial charge in [0, 0.05) is 18.9 Å². The number of aromatic nitrogens is 3. The molecule has 134 valence electrons. The molecular weight excluding hydrogens is 328 g/mol. The Balaban J connectivity index is 1.65. The molecule has 26 heavy (non-hydrogen) atoms. The fourth-order valence-electron chi connectivity index (χ4n) is 2.38. The van der Waals surface area contributed by atoms with Crippen molar-refractivity contribution in [1.29, 1.82) is 0 Å². The minimum Gasteiger partial charge on any atom is -0.493 e. The standard InChI is InChI=1S/C20H22N4O2/c1-15(2)14-26-19-11-16(5-7-18(19)25-3)12-21-17-6-8-20(22-13-17)24-10-4-9-23-24/h4-11,13,21H,1,12,14H2,2-3H3. The number of methoxy groups -OCH3 is 1. The lowest BCUT2D eigenvalue weighted by Gasteiger charge is -2.13. The Morgan fingerprint density at radius 3 is 2.77 bits per heavy atom. The molecule has 0 spiro atoms. The van der Waals surface area contributed by atoms with E-state index in [1.54, 1.807) is 24.2 Å². The van der Waals surface area contributed by atoms with E-state index in [0.29, 0.717) is 24.7 Å². The number of hydrogen-bond acceptors (Lipinski definition) is 5. The first kappa shape index (κ1) is 17.5. The second-order valence-corrected chi connectivity index (χ2v) is 5.94. The molecule has 6 heteroatoms. The SMILES string of the molecule is C=C(C)COc1cc(CNc2ccc(-n3cccn3)nc2)ccc1OC. The number of ether oxygens (including phenoxy) is 2. The van der Waals surface area contributed by atoms with Crippen LogP contribution in [0.2, 0.25) is 0 Å². The van der Waals surface area contributed by atoms with Gasteiger partial charge in [-0.15, -0.1) is 0 Å². The third-order valence-corrected chi connectivity index (χ3v) is 3.69. The van der Waals surface area contributed by atoms with Gasteiger partial charge in [-0.2, -0.15) is 5.10 Å². The number of anilines is 1. The Kier molecular flexibility index (Phi) is 5.53. The minimum absolute atomic E-state index is 0.464. The third kappa shape index (κ3) is 4.42. The maximum absolute atomic E-state index is 5.76. The number of nitrogens with one attached hydrogen (secondary N) is 1. The van der Waals surface area contributed by atoms with Crippen LogP contribution in [0.4, 0.5) is 5.69 Å². The van der Waals surface area contributed by atoms with E-state index in [-0.39, 0.29) is 0 Å². The van der Waals surface area contributed by atoms with Crippen LogP contribution in [0.25, 0.3) is 5.82 Å². The highest BCUT2D eigenvalue weighted by Crippen LogP contribution is 2.28. The third-order valence-electron chi connectivity index (χ3n) is 3.69. The van der Waals surface area contributed by atoms with Crippen LogP contribution in [0.15, 0.2) is 67.1 Å². The molecule has 0 fully saturated rings. The zero-order valence-electron chi connectivity index (χ0n) is 15.0. The lowest BCUT2D eigenvalue weighted by Crippen LogP contribution is -2.04. The lowest BCUT2D eigenvalue weighted by molar-refractivity contribution is 0.319. The maximum Gasteiger partial charge on any atom is 0.161 e. The number of rotatable bonds is 8. The van der Waals surface area contributed by atoms with Crippen LogP contribution in [-0.2, 0) is 6.54 Å². The molecule has 0 aliphatic carbocycles. The number of pyridine rings is 1. The predicted octanol–water partition coefficient (Wildman–Crippen LogP) is 3.84. The lowest BCUT2D eigenvalue weighted by atomic mass is 10.2. The quantitative estimate of drug-likeness (QED) is 0.626. The van der Waals surface area contributed by atoms with Gasteiger partial charge in [0.1, 0.15) is 6.61 Å². The number of benzene rings is 1. The van der Waals surface area contributed by atoms with Crippen molar-refractivity contribution in [3.63, 3.8) is 0 Å². The maximum atomic E-state index is 5.76. The molecule has 0 atom stereocenters. The van der Waals surface area contributed by atoms with E-state index in [2.05, 4.69) is 22.0 Å². The fourth-order valence-corrected chi connectivity index (χ4v) is 2.38. The topological polar surface area (TPSA) is 61.2 Å². The monoisotopic (exact) mass is 350 g/mol. The van der Waals surface area contributed by atoms with Crippen LogP contribution < -0.4 is 14.8 Å².